The molecule has 5 aliphatic rings. The van der Waals surface area contributed by atoms with Crippen LogP contribution in [-0.4, -0.2) is 67.0 Å². The maximum atomic E-state index is 13.0. The van der Waals surface area contributed by atoms with Crippen LogP contribution in [0, 0.1) is 29.1 Å². The molecular formula is C24H39N3O4. The molecule has 0 aromatic heterocycles. The van der Waals surface area contributed by atoms with E-state index in [1.54, 1.807) is 4.90 Å². The summed E-state index contributed by atoms with van der Waals surface area (Å²) in [6.07, 6.45) is 7.91. The smallest absolute Gasteiger partial charge is 0.409 e. The van der Waals surface area contributed by atoms with Gasteiger partial charge >= 0.3 is 6.09 Å². The minimum Gasteiger partial charge on any atom is -0.449 e. The summed E-state index contributed by atoms with van der Waals surface area (Å²) in [6.45, 7) is 7.15. The highest BCUT2D eigenvalue weighted by Crippen LogP contribution is 2.60. The number of ether oxygens (including phenoxy) is 1. The van der Waals surface area contributed by atoms with Gasteiger partial charge < -0.3 is 19.9 Å². The second kappa shape index (κ2) is 9.37. The van der Waals surface area contributed by atoms with Gasteiger partial charge in [0.15, 0.2) is 0 Å². The van der Waals surface area contributed by atoms with Crippen molar-refractivity contribution in [2.75, 3.05) is 39.3 Å². The number of carbonyl (C=O) groups is 3. The number of nitrogens with one attached hydrogen (secondary N) is 1. The second-order valence-corrected chi connectivity index (χ2v) is 10.9. The molecule has 0 aromatic rings. The van der Waals surface area contributed by atoms with Crippen LogP contribution in [0.2, 0.25) is 0 Å². The molecule has 5 fully saturated rings. The molecule has 4 aliphatic carbocycles. The molecule has 7 nitrogen and oxygen atoms in total. The molecule has 1 saturated heterocycles. The van der Waals surface area contributed by atoms with Crippen LogP contribution in [0.5, 0.6) is 0 Å². The molecule has 3 amide bonds. The maximum Gasteiger partial charge on any atom is 0.409 e. The summed E-state index contributed by atoms with van der Waals surface area (Å²) < 4.78 is 5.32. The van der Waals surface area contributed by atoms with Gasteiger partial charge in [-0.3, -0.25) is 9.59 Å². The topological polar surface area (TPSA) is 79.0 Å². The molecule has 174 valence electrons. The fraction of sp³-hybridized carbons (Fsp3) is 0.875. The Labute approximate surface area is 186 Å². The van der Waals surface area contributed by atoms with Crippen LogP contribution < -0.4 is 5.32 Å². The van der Waals surface area contributed by atoms with Gasteiger partial charge in [0.2, 0.25) is 11.8 Å². The van der Waals surface area contributed by atoms with Crippen molar-refractivity contribution >= 4 is 17.9 Å². The van der Waals surface area contributed by atoms with Crippen molar-refractivity contribution in [1.82, 2.24) is 15.1 Å². The van der Waals surface area contributed by atoms with Crippen LogP contribution in [0.1, 0.15) is 65.2 Å². The van der Waals surface area contributed by atoms with Crippen molar-refractivity contribution in [1.29, 1.82) is 0 Å². The molecule has 1 aliphatic heterocycles. The first-order valence-corrected chi connectivity index (χ1v) is 12.3. The highest BCUT2D eigenvalue weighted by Gasteiger charge is 2.54. The Kier molecular flexibility index (Phi) is 6.77. The van der Waals surface area contributed by atoms with Crippen LogP contribution in [-0.2, 0) is 14.3 Å². The van der Waals surface area contributed by atoms with E-state index in [9.17, 15) is 14.4 Å². The first-order valence-electron chi connectivity index (χ1n) is 12.3. The van der Waals surface area contributed by atoms with Crippen molar-refractivity contribution in [3.8, 4) is 0 Å². The van der Waals surface area contributed by atoms with Gasteiger partial charge in [-0.1, -0.05) is 13.8 Å². The largest absolute Gasteiger partial charge is 0.449 e. The van der Waals surface area contributed by atoms with Crippen molar-refractivity contribution in [2.45, 2.75) is 65.2 Å². The third-order valence-electron chi connectivity index (χ3n) is 7.79. The molecule has 4 saturated carbocycles. The summed E-state index contributed by atoms with van der Waals surface area (Å²) in [4.78, 5) is 41.5. The lowest BCUT2D eigenvalue weighted by atomic mass is 9.49. The van der Waals surface area contributed by atoms with E-state index >= 15 is 0 Å². The Hall–Kier alpha value is -1.79. The fourth-order valence-electron chi connectivity index (χ4n) is 6.70. The highest BCUT2D eigenvalue weighted by molar-refractivity contribution is 5.84. The van der Waals surface area contributed by atoms with Gasteiger partial charge in [-0.15, -0.1) is 0 Å². The summed E-state index contributed by atoms with van der Waals surface area (Å²) in [7, 11) is 0. The summed E-state index contributed by atoms with van der Waals surface area (Å²) in [5.41, 5.74) is -0.156. The van der Waals surface area contributed by atoms with Crippen LogP contribution in [0.25, 0.3) is 0 Å². The SMILES string of the molecule is CC(C)COC(=O)N1CCCN(C(=O)CCNC(=O)C23CC4CC(CC(C4)C2)C3)CC1. The summed E-state index contributed by atoms with van der Waals surface area (Å²) >= 11 is 0. The zero-order valence-corrected chi connectivity index (χ0v) is 19.2. The van der Waals surface area contributed by atoms with Crippen molar-refractivity contribution in [3.63, 3.8) is 0 Å². The highest BCUT2D eigenvalue weighted by atomic mass is 16.6. The average molecular weight is 434 g/mol. The van der Waals surface area contributed by atoms with E-state index in [-0.39, 0.29) is 23.3 Å². The summed E-state index contributed by atoms with van der Waals surface area (Å²) in [6, 6.07) is 0. The summed E-state index contributed by atoms with van der Waals surface area (Å²) in [5.74, 6) is 2.78. The molecule has 0 aromatic carbocycles. The van der Waals surface area contributed by atoms with E-state index in [2.05, 4.69) is 5.32 Å². The summed E-state index contributed by atoms with van der Waals surface area (Å²) in [5, 5.41) is 3.11. The van der Waals surface area contributed by atoms with Gasteiger partial charge in [-0.05, 0) is 68.6 Å². The number of rotatable bonds is 6. The van der Waals surface area contributed by atoms with E-state index in [1.807, 2.05) is 18.7 Å². The van der Waals surface area contributed by atoms with E-state index < -0.39 is 0 Å². The standard InChI is InChI=1S/C24H39N3O4/c1-17(2)16-31-23(30)27-7-3-6-26(8-9-27)21(28)4-5-25-22(29)24-13-18-10-19(14-24)12-20(11-18)15-24/h17-20H,3-16H2,1-2H3,(H,25,29). The number of nitrogens with zero attached hydrogens (tertiary/aromatic N) is 2. The lowest BCUT2D eigenvalue weighted by Gasteiger charge is -2.55. The van der Waals surface area contributed by atoms with Gasteiger partial charge in [-0.2, -0.15) is 0 Å². The monoisotopic (exact) mass is 433 g/mol. The van der Waals surface area contributed by atoms with E-state index in [0.717, 1.165) is 43.4 Å². The molecule has 4 bridgehead atoms. The molecule has 0 atom stereocenters. The Morgan fingerprint density at radius 1 is 0.935 bits per heavy atom. The lowest BCUT2D eigenvalue weighted by molar-refractivity contribution is -0.146. The average Bonchev–Trinajstić information content (AvgIpc) is 2.97. The fourth-order valence-corrected chi connectivity index (χ4v) is 6.70. The number of amides is 3. The van der Waals surface area contributed by atoms with Gasteiger partial charge in [0, 0.05) is 44.6 Å². The van der Waals surface area contributed by atoms with Crippen molar-refractivity contribution in [2.24, 2.45) is 29.1 Å². The number of hydrogen-bond donors (Lipinski definition) is 1. The molecular weight excluding hydrogens is 394 g/mol. The maximum absolute atomic E-state index is 13.0. The Morgan fingerprint density at radius 2 is 1.52 bits per heavy atom. The number of carbonyl (C=O) groups excluding carboxylic acids is 3. The Balaban J connectivity index is 1.20. The molecule has 1 heterocycles. The minimum absolute atomic E-state index is 0.0585. The van der Waals surface area contributed by atoms with Gasteiger partial charge in [0.25, 0.3) is 0 Å². The quantitative estimate of drug-likeness (QED) is 0.698. The molecule has 0 unspecified atom stereocenters. The third kappa shape index (κ3) is 5.17. The molecule has 0 radical (unpaired) electrons. The lowest BCUT2D eigenvalue weighted by Crippen LogP contribution is -2.53. The molecule has 7 heteroatoms. The molecule has 1 N–H and O–H groups in total. The predicted molar refractivity (Wildman–Crippen MR) is 117 cm³/mol. The first kappa shape index (κ1) is 22.4. The minimum atomic E-state index is -0.286. The van der Waals surface area contributed by atoms with Crippen molar-refractivity contribution in [3.05, 3.63) is 0 Å². The van der Waals surface area contributed by atoms with Crippen molar-refractivity contribution < 1.29 is 19.1 Å². The Morgan fingerprint density at radius 3 is 2.13 bits per heavy atom. The zero-order chi connectivity index (χ0) is 22.0. The zero-order valence-electron chi connectivity index (χ0n) is 19.2. The molecule has 0 spiro atoms. The van der Waals surface area contributed by atoms with E-state index in [4.69, 9.17) is 4.74 Å². The molecule has 31 heavy (non-hydrogen) atoms. The van der Waals surface area contributed by atoms with Crippen LogP contribution >= 0.6 is 0 Å². The van der Waals surface area contributed by atoms with E-state index in [1.165, 1.54) is 19.3 Å². The van der Waals surface area contributed by atoms with Gasteiger partial charge in [0.05, 0.1) is 6.61 Å². The Bertz CT molecular complexity index is 657. The van der Waals surface area contributed by atoms with Crippen LogP contribution in [0.4, 0.5) is 4.79 Å². The van der Waals surface area contributed by atoms with E-state index in [0.29, 0.717) is 51.7 Å². The van der Waals surface area contributed by atoms with Gasteiger partial charge in [0.1, 0.15) is 0 Å². The number of hydrogen-bond acceptors (Lipinski definition) is 4. The third-order valence-corrected chi connectivity index (χ3v) is 7.79. The first-order chi connectivity index (χ1) is 14.8. The molecule has 5 rings (SSSR count). The van der Waals surface area contributed by atoms with Crippen LogP contribution in [0.15, 0.2) is 0 Å². The van der Waals surface area contributed by atoms with Gasteiger partial charge in [-0.25, -0.2) is 4.79 Å². The normalized spacial score (nSPS) is 32.2. The predicted octanol–water partition coefficient (Wildman–Crippen LogP) is 3.04. The van der Waals surface area contributed by atoms with Crippen LogP contribution in [0.3, 0.4) is 0 Å². The second-order valence-electron chi connectivity index (χ2n) is 10.9.